The third-order valence-electron chi connectivity index (χ3n) is 9.96. The zero-order valence-electron chi connectivity index (χ0n) is 33.6. The molecule has 0 atom stereocenters. The topological polar surface area (TPSA) is 0 Å². The monoisotopic (exact) mass is 864 g/mol. The molecule has 0 aliphatic carbocycles. The summed E-state index contributed by atoms with van der Waals surface area (Å²) in [6.07, 6.45) is 4.66. The van der Waals surface area contributed by atoms with Crippen molar-refractivity contribution in [2.75, 3.05) is 0 Å². The molecule has 8 aromatic carbocycles. The van der Waals surface area contributed by atoms with Crippen molar-refractivity contribution in [2.24, 2.45) is 0 Å². The van der Waals surface area contributed by atoms with Crippen molar-refractivity contribution in [1.29, 1.82) is 0 Å². The number of benzene rings is 6. The van der Waals surface area contributed by atoms with Crippen LogP contribution in [0.2, 0.25) is 13.1 Å². The van der Waals surface area contributed by atoms with Crippen LogP contribution in [0.25, 0.3) is 66.1 Å². The zero-order valence-corrected chi connectivity index (χ0v) is 38.6. The van der Waals surface area contributed by atoms with E-state index in [1.807, 2.05) is 0 Å². The molecule has 0 aliphatic rings. The van der Waals surface area contributed by atoms with E-state index in [2.05, 4.69) is 199 Å². The van der Waals surface area contributed by atoms with Crippen LogP contribution in [0.4, 0.5) is 0 Å². The first kappa shape index (κ1) is 43.3. The third-order valence-corrected chi connectivity index (χ3v) is 9.96. The Morgan fingerprint density at radius 1 is 0.482 bits per heavy atom. The fraction of sp³-hybridized carbons (Fsp3) is 0.192. The van der Waals surface area contributed by atoms with Gasteiger partial charge >= 0.3 is 37.9 Å². The summed E-state index contributed by atoms with van der Waals surface area (Å²) in [5.74, 6) is 0. The van der Waals surface area contributed by atoms with Crippen molar-refractivity contribution in [3.05, 3.63) is 180 Å². The fourth-order valence-corrected chi connectivity index (χ4v) is 7.63. The van der Waals surface area contributed by atoms with Crippen LogP contribution in [0, 0.1) is 13.8 Å². The molecule has 0 nitrogen and oxygen atoms in total. The maximum absolute atomic E-state index is 4.93. The summed E-state index contributed by atoms with van der Waals surface area (Å²) in [5, 5.41) is 5.47. The van der Waals surface area contributed by atoms with Gasteiger partial charge in [-0.15, -0.1) is 69.1 Å². The molecule has 4 heteroatoms. The Balaban J connectivity index is 0.000000188. The molecule has 0 spiro atoms. The van der Waals surface area contributed by atoms with E-state index in [9.17, 15) is 0 Å². The Kier molecular flexibility index (Phi) is 17.2. The first-order valence-corrected chi connectivity index (χ1v) is 27.9. The quantitative estimate of drug-likeness (QED) is 0.105. The van der Waals surface area contributed by atoms with Gasteiger partial charge in [-0.25, -0.2) is 0 Å². The van der Waals surface area contributed by atoms with Crippen LogP contribution in [0.15, 0.2) is 158 Å². The molecule has 0 fully saturated rings. The number of rotatable bonds is 8. The van der Waals surface area contributed by atoms with Gasteiger partial charge in [0.1, 0.15) is 0 Å². The summed E-state index contributed by atoms with van der Waals surface area (Å²) in [7, 11) is 11.0. The van der Waals surface area contributed by atoms with Crippen LogP contribution >= 0.6 is 17.0 Å². The van der Waals surface area contributed by atoms with Gasteiger partial charge < -0.3 is 0 Å². The van der Waals surface area contributed by atoms with Gasteiger partial charge in [0, 0.05) is 9.52 Å². The van der Waals surface area contributed by atoms with E-state index in [1.54, 1.807) is 0 Å². The molecule has 0 heterocycles. The molecule has 0 amide bonds. The number of halogens is 2. The van der Waals surface area contributed by atoms with Gasteiger partial charge in [-0.1, -0.05) is 171 Å². The standard InChI is InChI=1S/2C25H23.C2H6Si.2ClH.Zr/c2*1-3-9-19-16-21-15-14-18(2)25(24(21)17-19)23-13-8-7-12-22(23)20-10-5-4-6-11-20;1-3-2;;;/h2*4-8,10-17H,3,9H2,1-2H3;1-2H3;2*1H;/q2*-1;;;;+4/p-2. The molecule has 56 heavy (non-hydrogen) atoms. The molecular formula is C52H52Cl2SiZr. The summed E-state index contributed by atoms with van der Waals surface area (Å²) in [6, 6.07) is 57.5. The molecule has 0 aromatic heterocycles. The van der Waals surface area contributed by atoms with Crippen molar-refractivity contribution in [3.8, 4) is 44.5 Å². The molecule has 2 radical (unpaired) electrons. The number of aryl methyl sites for hydroxylation is 4. The van der Waals surface area contributed by atoms with Gasteiger partial charge in [0.25, 0.3) is 0 Å². The Morgan fingerprint density at radius 3 is 1.14 bits per heavy atom. The van der Waals surface area contributed by atoms with Crippen molar-refractivity contribution in [3.63, 3.8) is 0 Å². The number of hydrogen-bond acceptors (Lipinski definition) is 0. The second-order valence-corrected chi connectivity index (χ2v) is 18.9. The first-order valence-electron chi connectivity index (χ1n) is 19.6. The average Bonchev–Trinajstić information content (AvgIpc) is 3.83. The maximum atomic E-state index is 4.93. The minimum absolute atomic E-state index is 0.826. The van der Waals surface area contributed by atoms with Gasteiger partial charge in [0.15, 0.2) is 0 Å². The summed E-state index contributed by atoms with van der Waals surface area (Å²) < 4.78 is 0. The predicted molar refractivity (Wildman–Crippen MR) is 247 cm³/mol. The molecule has 0 saturated carbocycles. The minimum atomic E-state index is -0.826. The molecule has 0 aliphatic heterocycles. The SMILES string of the molecule is CCCc1cc2c(-c3ccccc3-c3ccccc3)c(C)ccc2[cH-]1.CCCc1cc2c(-c3ccccc3-c3ccccc3)c(C)ccc2[cH-]1.C[Si]C.[Cl][Zr+2][Cl]. The Labute approximate surface area is 357 Å². The predicted octanol–water partition coefficient (Wildman–Crippen LogP) is 16.5. The summed E-state index contributed by atoms with van der Waals surface area (Å²) in [4.78, 5) is 0. The first-order chi connectivity index (χ1) is 27.4. The molecule has 8 aromatic rings. The molecule has 8 rings (SSSR count). The van der Waals surface area contributed by atoms with Gasteiger partial charge in [-0.2, -0.15) is 12.1 Å². The molecule has 0 bridgehead atoms. The summed E-state index contributed by atoms with van der Waals surface area (Å²) in [6.45, 7) is 13.2. The van der Waals surface area contributed by atoms with E-state index >= 15 is 0 Å². The molecular weight excluding hydrogens is 815 g/mol. The van der Waals surface area contributed by atoms with Crippen LogP contribution in [0.1, 0.15) is 48.9 Å². The van der Waals surface area contributed by atoms with Crippen molar-refractivity contribution in [1.82, 2.24) is 0 Å². The van der Waals surface area contributed by atoms with Crippen LogP contribution in [-0.4, -0.2) is 9.52 Å². The fourth-order valence-electron chi connectivity index (χ4n) is 7.63. The van der Waals surface area contributed by atoms with E-state index in [0.29, 0.717) is 0 Å². The van der Waals surface area contributed by atoms with E-state index in [-0.39, 0.29) is 0 Å². The second-order valence-electron chi connectivity index (χ2n) is 14.1. The Bertz CT molecular complexity index is 2230. The number of fused-ring (bicyclic) bond motifs is 2. The summed E-state index contributed by atoms with van der Waals surface area (Å²) in [5.41, 5.74) is 16.1. The van der Waals surface area contributed by atoms with Crippen LogP contribution < -0.4 is 0 Å². The normalized spacial score (nSPS) is 10.4. The zero-order chi connectivity index (χ0) is 39.9. The summed E-state index contributed by atoms with van der Waals surface area (Å²) >= 11 is -0.826. The van der Waals surface area contributed by atoms with Gasteiger partial charge in [-0.3, -0.25) is 0 Å². The Hall–Kier alpha value is -3.78. The van der Waals surface area contributed by atoms with Crippen LogP contribution in [0.3, 0.4) is 0 Å². The molecule has 0 unspecified atom stereocenters. The van der Waals surface area contributed by atoms with Gasteiger partial charge in [0.2, 0.25) is 0 Å². The molecule has 0 N–H and O–H groups in total. The molecule has 0 saturated heterocycles. The van der Waals surface area contributed by atoms with E-state index in [4.69, 9.17) is 17.0 Å². The van der Waals surface area contributed by atoms with Crippen molar-refractivity contribution in [2.45, 2.75) is 66.5 Å². The van der Waals surface area contributed by atoms with Crippen molar-refractivity contribution >= 4 is 48.1 Å². The van der Waals surface area contributed by atoms with E-state index < -0.39 is 20.8 Å². The van der Waals surface area contributed by atoms with Crippen LogP contribution in [-0.2, 0) is 33.7 Å². The second kappa shape index (κ2) is 22.2. The average molecular weight is 867 g/mol. The van der Waals surface area contributed by atoms with Crippen LogP contribution in [0.5, 0.6) is 0 Å². The number of hydrogen-bond donors (Lipinski definition) is 0. The van der Waals surface area contributed by atoms with Gasteiger partial charge in [0.05, 0.1) is 0 Å². The molecule has 282 valence electrons. The van der Waals surface area contributed by atoms with Crippen molar-refractivity contribution < 1.29 is 20.8 Å². The van der Waals surface area contributed by atoms with E-state index in [1.165, 1.54) is 101 Å². The van der Waals surface area contributed by atoms with E-state index in [0.717, 1.165) is 22.4 Å². The Morgan fingerprint density at radius 2 is 0.804 bits per heavy atom. The third kappa shape index (κ3) is 10.8. The van der Waals surface area contributed by atoms with Gasteiger partial charge in [-0.05, 0) is 60.1 Å².